The van der Waals surface area contributed by atoms with Crippen molar-refractivity contribution >= 4 is 5.97 Å². The fourth-order valence-electron chi connectivity index (χ4n) is 2.45. The van der Waals surface area contributed by atoms with Gasteiger partial charge in [-0.1, -0.05) is 43.2 Å². The van der Waals surface area contributed by atoms with Crippen molar-refractivity contribution in [2.24, 2.45) is 0 Å². The molecule has 1 aromatic rings. The molecule has 0 unspecified atom stereocenters. The largest absolute Gasteiger partial charge is 0.480 e. The van der Waals surface area contributed by atoms with Crippen LogP contribution in [0.15, 0.2) is 18.2 Å². The molecule has 0 radical (unpaired) electrons. The van der Waals surface area contributed by atoms with E-state index in [1.807, 2.05) is 32.6 Å². The summed E-state index contributed by atoms with van der Waals surface area (Å²) in [6, 6.07) is 5.83. The lowest BCUT2D eigenvalue weighted by Crippen LogP contribution is -2.42. The van der Waals surface area contributed by atoms with Gasteiger partial charge in [-0.2, -0.15) is 0 Å². The maximum Gasteiger partial charge on any atom is 0.321 e. The first-order valence-corrected chi connectivity index (χ1v) is 6.52. The molecule has 1 rings (SSSR count). The van der Waals surface area contributed by atoms with Gasteiger partial charge in [0.1, 0.15) is 6.04 Å². The Balaban J connectivity index is 2.92. The van der Waals surface area contributed by atoms with Gasteiger partial charge in [0.15, 0.2) is 0 Å². The second-order valence-electron chi connectivity index (χ2n) is 4.78. The number of nitrogens with zero attached hydrogens (tertiary/aromatic N) is 1. The molecule has 1 atom stereocenters. The van der Waals surface area contributed by atoms with E-state index in [0.29, 0.717) is 6.42 Å². The molecule has 0 spiro atoms. The summed E-state index contributed by atoms with van der Waals surface area (Å²) in [5.74, 6) is -0.738. The zero-order chi connectivity index (χ0) is 13.7. The van der Waals surface area contributed by atoms with Crippen LogP contribution in [-0.2, 0) is 11.2 Å². The van der Waals surface area contributed by atoms with Crippen molar-refractivity contribution < 1.29 is 9.90 Å². The topological polar surface area (TPSA) is 40.5 Å². The van der Waals surface area contributed by atoms with Crippen molar-refractivity contribution in [1.82, 2.24) is 4.90 Å². The van der Waals surface area contributed by atoms with Crippen molar-refractivity contribution in [2.45, 2.75) is 40.2 Å². The predicted octanol–water partition coefficient (Wildman–Crippen LogP) is 2.64. The van der Waals surface area contributed by atoms with Crippen molar-refractivity contribution in [3.05, 3.63) is 34.9 Å². The molecule has 18 heavy (non-hydrogen) atoms. The molecule has 0 fully saturated rings. The van der Waals surface area contributed by atoms with Gasteiger partial charge < -0.3 is 5.11 Å². The number of hydrogen-bond donors (Lipinski definition) is 1. The average molecular weight is 249 g/mol. The highest BCUT2D eigenvalue weighted by atomic mass is 16.4. The number of aryl methyl sites for hydroxylation is 2. The standard InChI is InChI=1S/C15H23NO2/c1-5-16(6-2)14(15(17)18)10-13-8-11(3)7-12(4)9-13/h7-9,14H,5-6,10H2,1-4H3,(H,17,18)/t14-/m1/s1. The monoisotopic (exact) mass is 249 g/mol. The third-order valence-electron chi connectivity index (χ3n) is 3.25. The normalized spacial score (nSPS) is 12.7. The van der Waals surface area contributed by atoms with Crippen LogP contribution in [-0.4, -0.2) is 35.1 Å². The number of aliphatic carboxylic acids is 1. The molecule has 0 amide bonds. The van der Waals surface area contributed by atoms with Gasteiger partial charge >= 0.3 is 5.97 Å². The fourth-order valence-corrected chi connectivity index (χ4v) is 2.45. The third-order valence-corrected chi connectivity index (χ3v) is 3.25. The van der Waals surface area contributed by atoms with E-state index in [2.05, 4.69) is 18.2 Å². The Morgan fingerprint density at radius 2 is 1.67 bits per heavy atom. The van der Waals surface area contributed by atoms with Crippen molar-refractivity contribution in [3.63, 3.8) is 0 Å². The van der Waals surface area contributed by atoms with Crippen LogP contribution < -0.4 is 0 Å². The van der Waals surface area contributed by atoms with Gasteiger partial charge in [-0.3, -0.25) is 9.69 Å². The molecule has 0 bridgehead atoms. The molecule has 0 saturated carbocycles. The molecule has 0 aliphatic rings. The maximum absolute atomic E-state index is 11.4. The Bertz CT molecular complexity index is 391. The van der Waals surface area contributed by atoms with E-state index < -0.39 is 12.0 Å². The minimum atomic E-state index is -0.738. The maximum atomic E-state index is 11.4. The second kappa shape index (κ2) is 6.55. The molecule has 3 heteroatoms. The number of carboxylic acid groups (broad SMARTS) is 1. The highest BCUT2D eigenvalue weighted by Gasteiger charge is 2.23. The van der Waals surface area contributed by atoms with Crippen LogP contribution in [0, 0.1) is 13.8 Å². The van der Waals surface area contributed by atoms with Crippen molar-refractivity contribution in [2.75, 3.05) is 13.1 Å². The Labute approximate surface area is 109 Å². The van der Waals surface area contributed by atoms with Crippen LogP contribution in [0.1, 0.15) is 30.5 Å². The summed E-state index contributed by atoms with van der Waals surface area (Å²) < 4.78 is 0. The molecule has 0 aromatic heterocycles. The van der Waals surface area contributed by atoms with Gasteiger partial charge in [0.25, 0.3) is 0 Å². The molecule has 100 valence electrons. The number of likely N-dealkylation sites (N-methyl/N-ethyl adjacent to an activating group) is 1. The number of rotatable bonds is 6. The van der Waals surface area contributed by atoms with E-state index in [9.17, 15) is 9.90 Å². The molecule has 0 heterocycles. The minimum Gasteiger partial charge on any atom is -0.480 e. The Morgan fingerprint density at radius 1 is 1.17 bits per heavy atom. The van der Waals surface area contributed by atoms with Gasteiger partial charge in [-0.15, -0.1) is 0 Å². The molecule has 1 aromatic carbocycles. The number of hydrogen-bond acceptors (Lipinski definition) is 2. The van der Waals surface area contributed by atoms with Gasteiger partial charge in [0.2, 0.25) is 0 Å². The van der Waals surface area contributed by atoms with Crippen LogP contribution >= 0.6 is 0 Å². The SMILES string of the molecule is CCN(CC)[C@H](Cc1cc(C)cc(C)c1)C(=O)O. The lowest BCUT2D eigenvalue weighted by molar-refractivity contribution is -0.143. The second-order valence-corrected chi connectivity index (χ2v) is 4.78. The number of carboxylic acids is 1. The average Bonchev–Trinajstić information content (AvgIpc) is 2.27. The van der Waals surface area contributed by atoms with E-state index in [0.717, 1.165) is 18.7 Å². The van der Waals surface area contributed by atoms with Gasteiger partial charge in [-0.25, -0.2) is 0 Å². The fraction of sp³-hybridized carbons (Fsp3) is 0.533. The van der Waals surface area contributed by atoms with E-state index in [1.165, 1.54) is 11.1 Å². The zero-order valence-corrected chi connectivity index (χ0v) is 11.7. The summed E-state index contributed by atoms with van der Waals surface area (Å²) in [4.78, 5) is 13.4. The van der Waals surface area contributed by atoms with E-state index >= 15 is 0 Å². The van der Waals surface area contributed by atoms with Crippen LogP contribution in [0.5, 0.6) is 0 Å². The molecule has 3 nitrogen and oxygen atoms in total. The lowest BCUT2D eigenvalue weighted by Gasteiger charge is -2.26. The first-order chi connectivity index (χ1) is 8.47. The third kappa shape index (κ3) is 3.84. The number of carbonyl (C=O) groups is 1. The quantitative estimate of drug-likeness (QED) is 0.842. The summed E-state index contributed by atoms with van der Waals surface area (Å²) in [5, 5.41) is 9.36. The Kier molecular flexibility index (Phi) is 5.35. The summed E-state index contributed by atoms with van der Waals surface area (Å²) in [5.41, 5.74) is 3.48. The molecule has 0 aliphatic carbocycles. The number of benzene rings is 1. The highest BCUT2D eigenvalue weighted by molar-refractivity contribution is 5.74. The summed E-state index contributed by atoms with van der Waals surface area (Å²) in [7, 11) is 0. The van der Waals surface area contributed by atoms with E-state index in [-0.39, 0.29) is 0 Å². The first-order valence-electron chi connectivity index (χ1n) is 6.52. The molecule has 0 aliphatic heterocycles. The summed E-state index contributed by atoms with van der Waals surface area (Å²) >= 11 is 0. The van der Waals surface area contributed by atoms with Crippen LogP contribution in [0.2, 0.25) is 0 Å². The van der Waals surface area contributed by atoms with Crippen LogP contribution in [0.3, 0.4) is 0 Å². The highest BCUT2D eigenvalue weighted by Crippen LogP contribution is 2.14. The predicted molar refractivity (Wildman–Crippen MR) is 74.0 cm³/mol. The summed E-state index contributed by atoms with van der Waals surface area (Å²) in [6.07, 6.45) is 0.569. The Morgan fingerprint density at radius 3 is 2.06 bits per heavy atom. The smallest absolute Gasteiger partial charge is 0.321 e. The van der Waals surface area contributed by atoms with Crippen molar-refractivity contribution in [1.29, 1.82) is 0 Å². The summed E-state index contributed by atoms with van der Waals surface area (Å²) in [6.45, 7) is 9.62. The molecule has 0 saturated heterocycles. The first kappa shape index (κ1) is 14.7. The van der Waals surface area contributed by atoms with Crippen LogP contribution in [0.4, 0.5) is 0 Å². The molecular weight excluding hydrogens is 226 g/mol. The zero-order valence-electron chi connectivity index (χ0n) is 11.7. The van der Waals surface area contributed by atoms with Gasteiger partial charge in [0.05, 0.1) is 0 Å². The Hall–Kier alpha value is -1.35. The molecular formula is C15H23NO2. The van der Waals surface area contributed by atoms with Crippen molar-refractivity contribution in [3.8, 4) is 0 Å². The lowest BCUT2D eigenvalue weighted by atomic mass is 10.0. The van der Waals surface area contributed by atoms with Gasteiger partial charge in [0, 0.05) is 0 Å². The minimum absolute atomic E-state index is 0.429. The van der Waals surface area contributed by atoms with Gasteiger partial charge in [-0.05, 0) is 38.9 Å². The van der Waals surface area contributed by atoms with Crippen LogP contribution in [0.25, 0.3) is 0 Å². The van der Waals surface area contributed by atoms with E-state index in [1.54, 1.807) is 0 Å². The molecule has 1 N–H and O–H groups in total. The van der Waals surface area contributed by atoms with E-state index in [4.69, 9.17) is 0 Å².